The van der Waals surface area contributed by atoms with Crippen LogP contribution in [0.5, 0.6) is 11.5 Å². The van der Waals surface area contributed by atoms with Gasteiger partial charge in [-0.15, -0.1) is 0 Å². The average Bonchev–Trinajstić information content (AvgIpc) is 2.85. The highest BCUT2D eigenvalue weighted by Gasteiger charge is 2.27. The highest BCUT2D eigenvalue weighted by atomic mass is 16.5. The van der Waals surface area contributed by atoms with Gasteiger partial charge in [0.2, 0.25) is 5.78 Å². The minimum Gasteiger partial charge on any atom is -0.508 e. The van der Waals surface area contributed by atoms with Gasteiger partial charge >= 0.3 is 0 Å². The van der Waals surface area contributed by atoms with Crippen molar-refractivity contribution in [1.29, 1.82) is 0 Å². The Morgan fingerprint density at radius 2 is 2.28 bits per heavy atom. The molecule has 5 heteroatoms. The monoisotopic (exact) mass is 242 g/mol. The number of hydrogen-bond acceptors (Lipinski definition) is 4. The van der Waals surface area contributed by atoms with Gasteiger partial charge in [-0.1, -0.05) is 0 Å². The molecular formula is C13H10N2O3. The number of phenols is 1. The highest BCUT2D eigenvalue weighted by Crippen LogP contribution is 2.34. The van der Waals surface area contributed by atoms with E-state index in [1.807, 2.05) is 0 Å². The number of fused-ring (bicyclic) bond motifs is 1. The third-order valence-corrected chi connectivity index (χ3v) is 2.68. The molecule has 0 amide bonds. The van der Waals surface area contributed by atoms with E-state index < -0.39 is 0 Å². The quantitative estimate of drug-likeness (QED) is 0.773. The summed E-state index contributed by atoms with van der Waals surface area (Å²) in [4.78, 5) is 12.0. The van der Waals surface area contributed by atoms with Crippen molar-refractivity contribution in [2.45, 2.75) is 0 Å². The molecule has 2 heterocycles. The second-order valence-electron chi connectivity index (χ2n) is 4.07. The van der Waals surface area contributed by atoms with Crippen LogP contribution in [0.1, 0.15) is 15.9 Å². The Labute approximate surface area is 103 Å². The van der Waals surface area contributed by atoms with Gasteiger partial charge in [0.15, 0.2) is 5.76 Å². The average molecular weight is 242 g/mol. The molecule has 0 saturated heterocycles. The molecule has 5 nitrogen and oxygen atoms in total. The molecule has 0 radical (unpaired) electrons. The van der Waals surface area contributed by atoms with Crippen LogP contribution in [0.3, 0.4) is 0 Å². The van der Waals surface area contributed by atoms with Crippen LogP contribution in [0.2, 0.25) is 0 Å². The summed E-state index contributed by atoms with van der Waals surface area (Å²) in [6.07, 6.45) is 5.06. The molecule has 0 unspecified atom stereocenters. The molecule has 1 aromatic carbocycles. The number of rotatable bonds is 1. The third kappa shape index (κ3) is 1.66. The van der Waals surface area contributed by atoms with Crippen molar-refractivity contribution < 1.29 is 14.6 Å². The van der Waals surface area contributed by atoms with Crippen LogP contribution in [-0.2, 0) is 7.05 Å². The number of hydrogen-bond donors (Lipinski definition) is 1. The van der Waals surface area contributed by atoms with Crippen LogP contribution in [0.4, 0.5) is 0 Å². The first-order chi connectivity index (χ1) is 8.63. The van der Waals surface area contributed by atoms with E-state index >= 15 is 0 Å². The molecule has 0 bridgehead atoms. The van der Waals surface area contributed by atoms with Crippen LogP contribution in [0.15, 0.2) is 36.4 Å². The Kier molecular flexibility index (Phi) is 2.19. The Hall–Kier alpha value is -2.56. The van der Waals surface area contributed by atoms with Crippen LogP contribution in [0.25, 0.3) is 6.08 Å². The zero-order valence-electron chi connectivity index (χ0n) is 9.62. The lowest BCUT2D eigenvalue weighted by Crippen LogP contribution is -1.97. The number of carbonyl (C=O) groups excluding carboxylic acids is 1. The SMILES string of the molecule is Cn1cc(/C=C2/Oc3cc(O)ccc3C2=O)cn1. The van der Waals surface area contributed by atoms with E-state index in [0.717, 1.165) is 5.56 Å². The lowest BCUT2D eigenvalue weighted by molar-refractivity contribution is 0.101. The number of benzene rings is 1. The lowest BCUT2D eigenvalue weighted by Gasteiger charge is -1.97. The Balaban J connectivity index is 1.99. The van der Waals surface area contributed by atoms with E-state index in [-0.39, 0.29) is 17.3 Å². The smallest absolute Gasteiger partial charge is 0.231 e. The van der Waals surface area contributed by atoms with Gasteiger partial charge in [-0.2, -0.15) is 5.10 Å². The number of aryl methyl sites for hydroxylation is 1. The first-order valence-electron chi connectivity index (χ1n) is 5.39. The molecule has 1 aliphatic heterocycles. The van der Waals surface area contributed by atoms with Gasteiger partial charge in [-0.3, -0.25) is 9.48 Å². The normalized spacial score (nSPS) is 15.8. The summed E-state index contributed by atoms with van der Waals surface area (Å²) < 4.78 is 7.07. The fraction of sp³-hybridized carbons (Fsp3) is 0.0769. The molecule has 0 spiro atoms. The standard InChI is InChI=1S/C13H10N2O3/c1-15-7-8(6-14-15)4-12-13(17)10-3-2-9(16)5-11(10)18-12/h2-7,16H,1H3/b12-4+. The molecule has 1 aliphatic rings. The zero-order valence-corrected chi connectivity index (χ0v) is 9.62. The van der Waals surface area contributed by atoms with Crippen LogP contribution >= 0.6 is 0 Å². The zero-order chi connectivity index (χ0) is 12.7. The number of Topliss-reactive ketones (excluding diaryl/α,β-unsaturated/α-hetero) is 1. The van der Waals surface area contributed by atoms with Crippen molar-refractivity contribution >= 4 is 11.9 Å². The number of allylic oxidation sites excluding steroid dienone is 1. The van der Waals surface area contributed by atoms with E-state index in [4.69, 9.17) is 4.74 Å². The molecule has 0 atom stereocenters. The Morgan fingerprint density at radius 1 is 1.44 bits per heavy atom. The maximum Gasteiger partial charge on any atom is 0.231 e. The predicted molar refractivity (Wildman–Crippen MR) is 64.3 cm³/mol. The van der Waals surface area contributed by atoms with Crippen molar-refractivity contribution in [2.24, 2.45) is 7.05 Å². The summed E-state index contributed by atoms with van der Waals surface area (Å²) in [6, 6.07) is 4.45. The van der Waals surface area contributed by atoms with Gasteiger partial charge in [0.1, 0.15) is 11.5 Å². The maximum absolute atomic E-state index is 12.0. The molecule has 18 heavy (non-hydrogen) atoms. The third-order valence-electron chi connectivity index (χ3n) is 2.68. The van der Waals surface area contributed by atoms with E-state index in [2.05, 4.69) is 5.10 Å². The molecular weight excluding hydrogens is 232 g/mol. The predicted octanol–water partition coefficient (Wildman–Crippen LogP) is 1.74. The summed E-state index contributed by atoms with van der Waals surface area (Å²) in [5.41, 5.74) is 1.25. The maximum atomic E-state index is 12.0. The molecule has 0 fully saturated rings. The summed E-state index contributed by atoms with van der Waals surface area (Å²) in [5, 5.41) is 13.4. The number of ketones is 1. The topological polar surface area (TPSA) is 64.3 Å². The number of carbonyl (C=O) groups is 1. The van der Waals surface area contributed by atoms with E-state index in [1.54, 1.807) is 36.3 Å². The number of nitrogens with zero attached hydrogens (tertiary/aromatic N) is 2. The molecule has 3 rings (SSSR count). The van der Waals surface area contributed by atoms with Crippen LogP contribution in [-0.4, -0.2) is 20.7 Å². The summed E-state index contributed by atoms with van der Waals surface area (Å²) in [5.74, 6) is 0.511. The molecule has 0 aliphatic carbocycles. The fourth-order valence-corrected chi connectivity index (χ4v) is 1.84. The number of aromatic hydroxyl groups is 1. The first kappa shape index (κ1) is 10.6. The van der Waals surface area contributed by atoms with Gasteiger partial charge < -0.3 is 9.84 Å². The summed E-state index contributed by atoms with van der Waals surface area (Å²) in [7, 11) is 1.80. The van der Waals surface area contributed by atoms with Gasteiger partial charge in [0, 0.05) is 24.9 Å². The Morgan fingerprint density at radius 3 is 3.00 bits per heavy atom. The van der Waals surface area contributed by atoms with E-state index in [1.165, 1.54) is 12.1 Å². The van der Waals surface area contributed by atoms with Gasteiger partial charge in [-0.05, 0) is 18.2 Å². The molecule has 1 N–H and O–H groups in total. The van der Waals surface area contributed by atoms with Crippen molar-refractivity contribution in [3.8, 4) is 11.5 Å². The molecule has 90 valence electrons. The van der Waals surface area contributed by atoms with E-state index in [9.17, 15) is 9.90 Å². The van der Waals surface area contributed by atoms with Crippen molar-refractivity contribution in [1.82, 2.24) is 9.78 Å². The van der Waals surface area contributed by atoms with E-state index in [0.29, 0.717) is 11.3 Å². The lowest BCUT2D eigenvalue weighted by atomic mass is 10.1. The number of ether oxygens (including phenoxy) is 1. The van der Waals surface area contributed by atoms with Gasteiger partial charge in [0.25, 0.3) is 0 Å². The van der Waals surface area contributed by atoms with Crippen LogP contribution < -0.4 is 4.74 Å². The number of phenolic OH excluding ortho intramolecular Hbond substituents is 1. The minimum absolute atomic E-state index is 0.0733. The molecule has 1 aromatic heterocycles. The summed E-state index contributed by atoms with van der Waals surface area (Å²) in [6.45, 7) is 0. The second kappa shape index (κ2) is 3.73. The Bertz CT molecular complexity index is 671. The molecule has 2 aromatic rings. The highest BCUT2D eigenvalue weighted by molar-refractivity contribution is 6.14. The van der Waals surface area contributed by atoms with Crippen molar-refractivity contribution in [3.63, 3.8) is 0 Å². The van der Waals surface area contributed by atoms with Crippen molar-refractivity contribution in [3.05, 3.63) is 47.5 Å². The van der Waals surface area contributed by atoms with Crippen LogP contribution in [0, 0.1) is 0 Å². The minimum atomic E-state index is -0.186. The summed E-state index contributed by atoms with van der Waals surface area (Å²) >= 11 is 0. The van der Waals surface area contributed by atoms with Gasteiger partial charge in [0.05, 0.1) is 11.8 Å². The molecule has 0 saturated carbocycles. The largest absolute Gasteiger partial charge is 0.508 e. The fourth-order valence-electron chi connectivity index (χ4n) is 1.84. The van der Waals surface area contributed by atoms with Gasteiger partial charge in [-0.25, -0.2) is 0 Å². The van der Waals surface area contributed by atoms with Crippen molar-refractivity contribution in [2.75, 3.05) is 0 Å². The second-order valence-corrected chi connectivity index (χ2v) is 4.07. The first-order valence-corrected chi connectivity index (χ1v) is 5.39. The number of aromatic nitrogens is 2.